The molecule has 1 aliphatic heterocycles. The van der Waals surface area contributed by atoms with E-state index in [0.717, 1.165) is 48.2 Å². The number of hydrogen-bond donors (Lipinski definition) is 2. The van der Waals surface area contributed by atoms with E-state index >= 15 is 0 Å². The van der Waals surface area contributed by atoms with E-state index in [0.29, 0.717) is 22.7 Å². The Hall–Kier alpha value is -3.55. The summed E-state index contributed by atoms with van der Waals surface area (Å²) in [6.07, 6.45) is 6.03. The molecule has 2 atom stereocenters. The quantitative estimate of drug-likeness (QED) is 0.256. The number of benzene rings is 2. The minimum Gasteiger partial charge on any atom is -0.606 e. The maximum atomic E-state index is 13.8. The van der Waals surface area contributed by atoms with Crippen molar-refractivity contribution in [3.8, 4) is 22.8 Å². The fourth-order valence-electron chi connectivity index (χ4n) is 5.22. The predicted octanol–water partition coefficient (Wildman–Crippen LogP) is 6.85. The Balaban J connectivity index is 1.60. The molecule has 2 unspecified atom stereocenters. The highest BCUT2D eigenvalue weighted by Crippen LogP contribution is 2.48. The summed E-state index contributed by atoms with van der Waals surface area (Å²) in [6, 6.07) is 19.5. The minimum atomic E-state index is -1.84. The Labute approximate surface area is 227 Å². The summed E-state index contributed by atoms with van der Waals surface area (Å²) in [5.74, 6) is -0.557. The molecule has 0 spiro atoms. The summed E-state index contributed by atoms with van der Waals surface area (Å²) in [5, 5.41) is 22.7. The molecule has 0 saturated heterocycles. The van der Waals surface area contributed by atoms with Crippen molar-refractivity contribution < 1.29 is 14.8 Å². The summed E-state index contributed by atoms with van der Waals surface area (Å²) >= 11 is -1.84. The smallest absolute Gasteiger partial charge is 0.273 e. The minimum absolute atomic E-state index is 0.0548. The predicted molar refractivity (Wildman–Crippen MR) is 152 cm³/mol. The highest BCUT2D eigenvalue weighted by Gasteiger charge is 2.35. The van der Waals surface area contributed by atoms with Crippen LogP contribution in [0.3, 0.4) is 0 Å². The van der Waals surface area contributed by atoms with Crippen LogP contribution in [-0.4, -0.2) is 30.8 Å². The normalized spacial score (nSPS) is 15.8. The van der Waals surface area contributed by atoms with E-state index < -0.39 is 11.2 Å². The molecule has 7 heteroatoms. The number of hydrogen-bond acceptors (Lipinski definition) is 6. The fraction of sp³-hybridized carbons (Fsp3) is 0.290. The van der Waals surface area contributed by atoms with E-state index in [1.807, 2.05) is 43.3 Å². The molecule has 6 nitrogen and oxygen atoms in total. The maximum absolute atomic E-state index is 13.8. The van der Waals surface area contributed by atoms with Crippen LogP contribution >= 0.6 is 0 Å². The molecule has 2 aromatic carbocycles. The number of aryl methyl sites for hydroxylation is 3. The number of para-hydroxylation sites is 1. The van der Waals surface area contributed by atoms with Crippen molar-refractivity contribution in [2.45, 2.75) is 68.7 Å². The summed E-state index contributed by atoms with van der Waals surface area (Å²) in [4.78, 5) is 11.4. The van der Waals surface area contributed by atoms with Gasteiger partial charge in [-0.1, -0.05) is 37.6 Å². The number of unbranched alkanes of at least 4 members (excludes halogenated alkanes) is 1. The number of aromatic hydroxyl groups is 2. The second-order valence-corrected chi connectivity index (χ2v) is 11.2. The lowest BCUT2D eigenvalue weighted by molar-refractivity contribution is 0.403. The van der Waals surface area contributed by atoms with Gasteiger partial charge in [-0.05, 0) is 87.1 Å². The molecule has 0 amide bonds. The molecule has 1 aliphatic rings. The van der Waals surface area contributed by atoms with Gasteiger partial charge in [0.1, 0.15) is 5.69 Å². The second-order valence-electron chi connectivity index (χ2n) is 9.83. The second kappa shape index (κ2) is 11.1. The largest absolute Gasteiger partial charge is 0.606 e. The lowest BCUT2D eigenvalue weighted by Gasteiger charge is -2.38. The molecule has 4 aromatic rings. The van der Waals surface area contributed by atoms with Crippen molar-refractivity contribution in [2.75, 3.05) is 4.90 Å². The number of rotatable bonds is 7. The molecule has 0 radical (unpaired) electrons. The van der Waals surface area contributed by atoms with Crippen LogP contribution in [0.2, 0.25) is 0 Å². The number of pyridine rings is 2. The topological polar surface area (TPSA) is 92.5 Å². The van der Waals surface area contributed by atoms with E-state index in [1.54, 1.807) is 18.3 Å². The van der Waals surface area contributed by atoms with Gasteiger partial charge < -0.3 is 19.7 Å². The summed E-state index contributed by atoms with van der Waals surface area (Å²) < 4.78 is 13.8. The first-order valence-corrected chi connectivity index (χ1v) is 14.3. The lowest BCUT2D eigenvalue weighted by Crippen LogP contribution is -2.34. The molecule has 0 fully saturated rings. The zero-order valence-corrected chi connectivity index (χ0v) is 22.8. The van der Waals surface area contributed by atoms with Crippen molar-refractivity contribution in [3.63, 3.8) is 0 Å². The molecule has 196 valence electrons. The Morgan fingerprint density at radius 2 is 1.82 bits per heavy atom. The van der Waals surface area contributed by atoms with Gasteiger partial charge in [0, 0.05) is 40.4 Å². The first-order chi connectivity index (χ1) is 18.4. The van der Waals surface area contributed by atoms with Gasteiger partial charge >= 0.3 is 0 Å². The Kier molecular flexibility index (Phi) is 7.58. The average Bonchev–Trinajstić information content (AvgIpc) is 2.93. The first kappa shape index (κ1) is 26.1. The third kappa shape index (κ3) is 4.84. The van der Waals surface area contributed by atoms with E-state index in [-0.39, 0.29) is 22.6 Å². The monoisotopic (exact) mass is 527 g/mol. The molecule has 3 heterocycles. The van der Waals surface area contributed by atoms with Crippen LogP contribution in [-0.2, 0) is 24.0 Å². The summed E-state index contributed by atoms with van der Waals surface area (Å²) in [6.45, 7) is 6.17. The Bertz CT molecular complexity index is 1440. The molecule has 38 heavy (non-hydrogen) atoms. The van der Waals surface area contributed by atoms with Crippen LogP contribution < -0.4 is 4.90 Å². The van der Waals surface area contributed by atoms with Crippen LogP contribution in [0, 0.1) is 6.92 Å². The van der Waals surface area contributed by atoms with Crippen LogP contribution in [0.15, 0.2) is 76.7 Å². The van der Waals surface area contributed by atoms with Crippen LogP contribution in [0.1, 0.15) is 50.1 Å². The number of anilines is 2. The van der Waals surface area contributed by atoms with Gasteiger partial charge in [-0.2, -0.15) is 0 Å². The van der Waals surface area contributed by atoms with E-state index in [2.05, 4.69) is 40.8 Å². The third-order valence-corrected chi connectivity index (χ3v) is 8.71. The van der Waals surface area contributed by atoms with Crippen molar-refractivity contribution in [1.29, 1.82) is 0 Å². The molecule has 2 aromatic heterocycles. The maximum Gasteiger partial charge on any atom is 0.273 e. The van der Waals surface area contributed by atoms with Gasteiger partial charge in [-0.3, -0.25) is 4.98 Å². The molecule has 5 rings (SSSR count). The van der Waals surface area contributed by atoms with Gasteiger partial charge in [0.25, 0.3) is 10.8 Å². The lowest BCUT2D eigenvalue weighted by atomic mass is 9.95. The van der Waals surface area contributed by atoms with E-state index in [4.69, 9.17) is 0 Å². The molecule has 2 N–H and O–H groups in total. The molecular weight excluding hydrogens is 494 g/mol. The summed E-state index contributed by atoms with van der Waals surface area (Å²) in [7, 11) is 0. The number of nitrogens with zero attached hydrogens (tertiary/aromatic N) is 3. The zero-order chi connectivity index (χ0) is 26.8. The van der Waals surface area contributed by atoms with Gasteiger partial charge in [-0.15, -0.1) is 0 Å². The van der Waals surface area contributed by atoms with Crippen molar-refractivity contribution in [3.05, 3.63) is 83.8 Å². The Morgan fingerprint density at radius 1 is 1.05 bits per heavy atom. The molecular formula is C31H33N3O3S. The van der Waals surface area contributed by atoms with Crippen LogP contribution in [0.4, 0.5) is 11.4 Å². The summed E-state index contributed by atoms with van der Waals surface area (Å²) in [5.41, 5.74) is 6.23. The van der Waals surface area contributed by atoms with E-state index in [1.165, 1.54) is 5.56 Å². The molecule has 0 aliphatic carbocycles. The zero-order valence-electron chi connectivity index (χ0n) is 22.0. The highest BCUT2D eigenvalue weighted by atomic mass is 32.2. The van der Waals surface area contributed by atoms with Crippen LogP contribution in [0.25, 0.3) is 11.1 Å². The SMILES string of the molecule is CCCCc1nc(O)c([S+]([O-])c2ccc(-c3cccnc3C)cc2)c(O)c1N1c2ccccc2CCC1C. The van der Waals surface area contributed by atoms with E-state index in [9.17, 15) is 14.8 Å². The van der Waals surface area contributed by atoms with Gasteiger partial charge in [0.05, 0.1) is 5.69 Å². The molecule has 0 saturated carbocycles. The number of fused-ring (bicyclic) bond motifs is 1. The first-order valence-electron chi connectivity index (χ1n) is 13.2. The standard InChI is InChI=1S/C31H33N3O3S/c1-4-5-11-26-28(34-20(2)13-14-23-9-6-7-12-27(23)34)29(35)30(31(36)33-26)38(37)24-17-15-22(16-18-24)25-10-8-19-32-21(25)3/h6-10,12,15-20H,4-5,11,13-14H2,1-3H3,(H2,33,35,36). The fourth-order valence-corrected chi connectivity index (χ4v) is 6.32. The van der Waals surface area contributed by atoms with Crippen LogP contribution in [0.5, 0.6) is 11.6 Å². The number of aromatic nitrogens is 2. The molecule has 0 bridgehead atoms. The average molecular weight is 528 g/mol. The van der Waals surface area contributed by atoms with Crippen molar-refractivity contribution in [2.24, 2.45) is 0 Å². The van der Waals surface area contributed by atoms with Gasteiger partial charge in [0.2, 0.25) is 5.75 Å². The van der Waals surface area contributed by atoms with Gasteiger partial charge in [0.15, 0.2) is 4.90 Å². The van der Waals surface area contributed by atoms with Crippen molar-refractivity contribution in [1.82, 2.24) is 9.97 Å². The highest BCUT2D eigenvalue weighted by molar-refractivity contribution is 7.91. The van der Waals surface area contributed by atoms with Gasteiger partial charge in [-0.25, -0.2) is 4.98 Å². The third-order valence-electron chi connectivity index (χ3n) is 7.26. The van der Waals surface area contributed by atoms with Crippen molar-refractivity contribution >= 4 is 22.6 Å². The Morgan fingerprint density at radius 3 is 2.55 bits per heavy atom.